The molecule has 0 saturated heterocycles. The molecule has 2 aromatic rings. The summed E-state index contributed by atoms with van der Waals surface area (Å²) in [5, 5.41) is 3.86. The smallest absolute Gasteiger partial charge is 0.336 e. The molecule has 0 saturated carbocycles. The van der Waals surface area contributed by atoms with E-state index in [1.165, 1.54) is 7.11 Å². The number of hydrogen-bond acceptors (Lipinski definition) is 5. The molecule has 0 amide bonds. The molecular weight excluding hydrogens is 438 g/mol. The topological polar surface area (TPSA) is 64.6 Å². The summed E-state index contributed by atoms with van der Waals surface area (Å²) in [4.78, 5) is 25.9. The van der Waals surface area contributed by atoms with Crippen LogP contribution in [0.15, 0.2) is 58.9 Å². The summed E-state index contributed by atoms with van der Waals surface area (Å²) in [6.45, 7) is 6.24. The predicted molar refractivity (Wildman–Crippen MR) is 128 cm³/mol. The van der Waals surface area contributed by atoms with Gasteiger partial charge in [0.25, 0.3) is 0 Å². The number of esters is 1. The minimum Gasteiger partial charge on any atom is -0.487 e. The molecule has 5 nitrogen and oxygen atoms in total. The average molecular weight is 466 g/mol. The van der Waals surface area contributed by atoms with Crippen molar-refractivity contribution >= 4 is 23.4 Å². The zero-order valence-electron chi connectivity index (χ0n) is 19.4. The molecule has 0 unspecified atom stereocenters. The number of nitrogens with one attached hydrogen (secondary N) is 1. The normalized spacial score (nSPS) is 18.1. The van der Waals surface area contributed by atoms with Crippen molar-refractivity contribution < 1.29 is 19.1 Å². The van der Waals surface area contributed by atoms with Gasteiger partial charge in [-0.15, -0.1) is 0 Å². The molecule has 1 aliphatic heterocycles. The van der Waals surface area contributed by atoms with Gasteiger partial charge in [-0.3, -0.25) is 4.79 Å². The highest BCUT2D eigenvalue weighted by Crippen LogP contribution is 2.44. The Labute approximate surface area is 199 Å². The third kappa shape index (κ3) is 4.42. The fraction of sp³-hybridized carbons (Fsp3) is 0.333. The fourth-order valence-corrected chi connectivity index (χ4v) is 4.97. The van der Waals surface area contributed by atoms with E-state index in [4.69, 9.17) is 21.1 Å². The van der Waals surface area contributed by atoms with E-state index in [0.717, 1.165) is 46.5 Å². The number of ketones is 1. The number of dihydropyridines is 1. The van der Waals surface area contributed by atoms with Crippen molar-refractivity contribution in [2.24, 2.45) is 0 Å². The number of carbonyl (C=O) groups excluding carboxylic acids is 2. The van der Waals surface area contributed by atoms with Crippen molar-refractivity contribution in [3.8, 4) is 5.75 Å². The lowest BCUT2D eigenvalue weighted by Gasteiger charge is -2.35. The Balaban J connectivity index is 1.80. The minimum absolute atomic E-state index is 0.0801. The molecule has 4 rings (SSSR count). The van der Waals surface area contributed by atoms with Crippen LogP contribution in [0.25, 0.3) is 0 Å². The van der Waals surface area contributed by atoms with Crippen LogP contribution in [0.1, 0.15) is 54.4 Å². The number of carbonyl (C=O) groups is 2. The van der Waals surface area contributed by atoms with Gasteiger partial charge in [0.1, 0.15) is 12.4 Å². The van der Waals surface area contributed by atoms with Gasteiger partial charge in [0.15, 0.2) is 5.78 Å². The molecule has 1 atom stereocenters. The van der Waals surface area contributed by atoms with Crippen molar-refractivity contribution in [3.05, 3.63) is 86.2 Å². The third-order valence-electron chi connectivity index (χ3n) is 6.44. The maximum Gasteiger partial charge on any atom is 0.336 e. The van der Waals surface area contributed by atoms with E-state index in [1.54, 1.807) is 6.07 Å². The molecule has 0 aromatic heterocycles. The van der Waals surface area contributed by atoms with Crippen LogP contribution < -0.4 is 10.1 Å². The van der Waals surface area contributed by atoms with Gasteiger partial charge >= 0.3 is 5.97 Å². The zero-order chi connectivity index (χ0) is 23.7. The van der Waals surface area contributed by atoms with Crippen molar-refractivity contribution in [1.29, 1.82) is 0 Å². The van der Waals surface area contributed by atoms with Gasteiger partial charge in [0.05, 0.1) is 17.7 Å². The van der Waals surface area contributed by atoms with Gasteiger partial charge in [-0.2, -0.15) is 0 Å². The first-order valence-corrected chi connectivity index (χ1v) is 11.5. The van der Waals surface area contributed by atoms with E-state index in [1.807, 2.05) is 39.0 Å². The predicted octanol–water partition coefficient (Wildman–Crippen LogP) is 5.68. The Morgan fingerprint density at radius 3 is 2.61 bits per heavy atom. The third-order valence-corrected chi connectivity index (χ3v) is 6.75. The van der Waals surface area contributed by atoms with Gasteiger partial charge < -0.3 is 14.8 Å². The first-order valence-electron chi connectivity index (χ1n) is 11.1. The van der Waals surface area contributed by atoms with Gasteiger partial charge in [0.2, 0.25) is 0 Å². The van der Waals surface area contributed by atoms with E-state index in [2.05, 4.69) is 17.4 Å². The van der Waals surface area contributed by atoms with Gasteiger partial charge in [-0.25, -0.2) is 4.79 Å². The molecule has 33 heavy (non-hydrogen) atoms. The highest BCUT2D eigenvalue weighted by molar-refractivity contribution is 6.32. The molecular formula is C27H28ClNO4. The highest BCUT2D eigenvalue weighted by atomic mass is 35.5. The van der Waals surface area contributed by atoms with Crippen LogP contribution in [0.4, 0.5) is 0 Å². The SMILES string of the molecule is COC(=O)C1=C(C)NC2=C(C(=O)CCC2)[C@@H]1c1cc(COc2ccccc2Cl)c(C)cc1C. The second-order valence-corrected chi connectivity index (χ2v) is 9.02. The highest BCUT2D eigenvalue weighted by Gasteiger charge is 2.39. The van der Waals surface area contributed by atoms with Gasteiger partial charge in [0, 0.05) is 29.3 Å². The Hall–Kier alpha value is -3.05. The molecule has 6 heteroatoms. The van der Waals surface area contributed by atoms with Crippen LogP contribution in [0.3, 0.4) is 0 Å². The van der Waals surface area contributed by atoms with Crippen molar-refractivity contribution in [2.45, 2.75) is 52.6 Å². The summed E-state index contributed by atoms with van der Waals surface area (Å²) in [7, 11) is 1.37. The van der Waals surface area contributed by atoms with Crippen LogP contribution in [0, 0.1) is 13.8 Å². The fourth-order valence-electron chi connectivity index (χ4n) is 4.77. The van der Waals surface area contributed by atoms with Gasteiger partial charge in [-0.1, -0.05) is 35.9 Å². The lowest BCUT2D eigenvalue weighted by molar-refractivity contribution is -0.136. The number of methoxy groups -OCH3 is 1. The molecule has 2 aliphatic rings. The molecule has 1 N–H and O–H groups in total. The average Bonchev–Trinajstić information content (AvgIpc) is 2.78. The summed E-state index contributed by atoms with van der Waals surface area (Å²) < 4.78 is 11.1. The largest absolute Gasteiger partial charge is 0.487 e. The Kier molecular flexibility index (Phi) is 6.61. The maximum absolute atomic E-state index is 13.1. The summed E-state index contributed by atoms with van der Waals surface area (Å²) in [6, 6.07) is 11.5. The van der Waals surface area contributed by atoms with Crippen LogP contribution in [-0.4, -0.2) is 18.9 Å². The number of rotatable bonds is 5. The van der Waals surface area contributed by atoms with E-state index >= 15 is 0 Å². The van der Waals surface area contributed by atoms with E-state index in [0.29, 0.717) is 34.9 Å². The zero-order valence-corrected chi connectivity index (χ0v) is 20.1. The lowest BCUT2D eigenvalue weighted by atomic mass is 9.73. The molecule has 0 spiro atoms. The van der Waals surface area contributed by atoms with Crippen molar-refractivity contribution in [3.63, 3.8) is 0 Å². The Morgan fingerprint density at radius 2 is 1.88 bits per heavy atom. The second kappa shape index (κ2) is 9.44. The van der Waals surface area contributed by atoms with Gasteiger partial charge in [-0.05, 0) is 68.0 Å². The number of para-hydroxylation sites is 1. The number of allylic oxidation sites excluding steroid dienone is 3. The molecule has 1 heterocycles. The number of aryl methyl sites for hydroxylation is 2. The molecule has 2 aromatic carbocycles. The maximum atomic E-state index is 13.1. The summed E-state index contributed by atoms with van der Waals surface area (Å²) in [5.74, 6) is -0.206. The minimum atomic E-state index is -0.471. The van der Waals surface area contributed by atoms with Crippen LogP contribution in [0.5, 0.6) is 5.75 Å². The van der Waals surface area contributed by atoms with E-state index < -0.39 is 11.9 Å². The number of Topliss-reactive ketones (excluding diaryl/α,β-unsaturated/α-hetero) is 1. The van der Waals surface area contributed by atoms with Crippen LogP contribution in [-0.2, 0) is 20.9 Å². The van der Waals surface area contributed by atoms with E-state index in [9.17, 15) is 9.59 Å². The molecule has 1 aliphatic carbocycles. The summed E-state index contributed by atoms with van der Waals surface area (Å²) in [6.07, 6.45) is 2.08. The standard InChI is InChI=1S/C27H28ClNO4/c1-15-12-16(2)19(13-18(15)14-33-23-11-6-5-8-20(23)28)25-24(27(31)32-4)17(3)29-21-9-7-10-22(30)26(21)25/h5-6,8,11-13,25,29H,7,9-10,14H2,1-4H3/t25-/m1/s1. The Morgan fingerprint density at radius 1 is 1.12 bits per heavy atom. The summed E-state index contributed by atoms with van der Waals surface area (Å²) in [5.41, 5.74) is 6.78. The first-order chi connectivity index (χ1) is 15.8. The summed E-state index contributed by atoms with van der Waals surface area (Å²) >= 11 is 6.25. The van der Waals surface area contributed by atoms with Crippen molar-refractivity contribution in [2.75, 3.05) is 7.11 Å². The number of hydrogen-bond donors (Lipinski definition) is 1. The molecule has 172 valence electrons. The molecule has 0 radical (unpaired) electrons. The Bertz CT molecular complexity index is 1190. The number of halogens is 1. The number of benzene rings is 2. The quantitative estimate of drug-likeness (QED) is 0.576. The van der Waals surface area contributed by atoms with Crippen molar-refractivity contribution in [1.82, 2.24) is 5.32 Å². The second-order valence-electron chi connectivity index (χ2n) is 8.61. The molecule has 0 fully saturated rings. The lowest BCUT2D eigenvalue weighted by Crippen LogP contribution is -2.34. The van der Waals surface area contributed by atoms with E-state index in [-0.39, 0.29) is 5.78 Å². The molecule has 0 bridgehead atoms. The van der Waals surface area contributed by atoms with Crippen LogP contribution >= 0.6 is 11.6 Å². The van der Waals surface area contributed by atoms with Crippen LogP contribution in [0.2, 0.25) is 5.02 Å². The monoisotopic (exact) mass is 465 g/mol. The first kappa shape index (κ1) is 23.1. The number of ether oxygens (including phenoxy) is 2.